The van der Waals surface area contributed by atoms with Crippen LogP contribution in [0.25, 0.3) is 0 Å². The van der Waals surface area contributed by atoms with Gasteiger partial charge < -0.3 is 33.8 Å². The van der Waals surface area contributed by atoms with Crippen molar-refractivity contribution in [3.8, 4) is 0 Å². The van der Waals surface area contributed by atoms with E-state index in [2.05, 4.69) is 34.6 Å². The third kappa shape index (κ3) is 61.3. The van der Waals surface area contributed by atoms with Crippen LogP contribution in [0, 0.1) is 5.92 Å². The van der Waals surface area contributed by atoms with Gasteiger partial charge >= 0.3 is 39.5 Å². The molecule has 0 spiro atoms. The number of carbonyl (C=O) groups is 4. The molecule has 0 amide bonds. The van der Waals surface area contributed by atoms with Crippen LogP contribution in [0.15, 0.2) is 0 Å². The van der Waals surface area contributed by atoms with Gasteiger partial charge in [0.1, 0.15) is 19.3 Å². The first-order chi connectivity index (χ1) is 42.1. The molecule has 0 rings (SSSR count). The molecule has 0 fully saturated rings. The van der Waals surface area contributed by atoms with Crippen molar-refractivity contribution in [3.05, 3.63) is 0 Å². The Balaban J connectivity index is 5.17. The Labute approximate surface area is 530 Å². The molecule has 3 N–H and O–H groups in total. The number of phosphoric ester groups is 2. The van der Waals surface area contributed by atoms with Gasteiger partial charge in [0.05, 0.1) is 26.4 Å². The van der Waals surface area contributed by atoms with E-state index in [1.807, 2.05) is 0 Å². The van der Waals surface area contributed by atoms with E-state index in [4.69, 9.17) is 37.0 Å². The number of rotatable bonds is 68. The summed E-state index contributed by atoms with van der Waals surface area (Å²) in [5.74, 6) is -1.37. The van der Waals surface area contributed by atoms with Gasteiger partial charge in [0.2, 0.25) is 0 Å². The fourth-order valence-corrected chi connectivity index (χ4v) is 11.8. The summed E-state index contributed by atoms with van der Waals surface area (Å²) in [7, 11) is -9.89. The quantitative estimate of drug-likeness (QED) is 0.0222. The number of carbonyl (C=O) groups excluding carboxylic acids is 4. The first-order valence-electron chi connectivity index (χ1n) is 35.7. The third-order valence-electron chi connectivity index (χ3n) is 16.1. The van der Waals surface area contributed by atoms with Gasteiger partial charge in [-0.15, -0.1) is 0 Å². The van der Waals surface area contributed by atoms with Crippen molar-refractivity contribution >= 4 is 39.5 Å². The summed E-state index contributed by atoms with van der Waals surface area (Å²) in [6, 6.07) is 0. The van der Waals surface area contributed by atoms with Crippen LogP contribution in [0.4, 0.5) is 0 Å². The zero-order chi connectivity index (χ0) is 64.2. The lowest BCUT2D eigenvalue weighted by Gasteiger charge is -2.21. The van der Waals surface area contributed by atoms with Crippen LogP contribution in [0.5, 0.6) is 0 Å². The van der Waals surface area contributed by atoms with Crippen LogP contribution < -0.4 is 0 Å². The van der Waals surface area contributed by atoms with E-state index in [0.717, 1.165) is 102 Å². The van der Waals surface area contributed by atoms with Crippen molar-refractivity contribution in [2.75, 3.05) is 39.6 Å². The van der Waals surface area contributed by atoms with Gasteiger partial charge in [0, 0.05) is 25.7 Å². The molecule has 0 saturated heterocycles. The number of ether oxygens (including phenoxy) is 4. The van der Waals surface area contributed by atoms with Crippen LogP contribution in [0.2, 0.25) is 0 Å². The highest BCUT2D eigenvalue weighted by atomic mass is 31.2. The second kappa shape index (κ2) is 61.6. The van der Waals surface area contributed by atoms with E-state index < -0.39 is 97.5 Å². The van der Waals surface area contributed by atoms with Crippen LogP contribution in [-0.4, -0.2) is 96.7 Å². The number of aliphatic hydroxyl groups excluding tert-OH is 1. The summed E-state index contributed by atoms with van der Waals surface area (Å²) in [6.07, 6.45) is 47.5. The normalized spacial score (nSPS) is 14.4. The van der Waals surface area contributed by atoms with Crippen LogP contribution >= 0.6 is 15.6 Å². The number of hydrogen-bond acceptors (Lipinski definition) is 15. The molecular weight excluding hydrogens is 1150 g/mol. The molecule has 17 nitrogen and oxygen atoms in total. The Morgan fingerprint density at radius 1 is 0.322 bits per heavy atom. The SMILES string of the molecule is CCCCCCCCCCCCCCCCCC(=O)OC[C@H](COP(=O)(O)OC[C@@H](O)COP(=O)(O)OC[C@@H](COC(=O)CCCCCCC)OC(=O)CCCCCCCCCCC(C)CC)OC(=O)CCCCCCCCCCCCCCCCC. The molecule has 87 heavy (non-hydrogen) atoms. The van der Waals surface area contributed by atoms with E-state index in [0.29, 0.717) is 25.7 Å². The smallest absolute Gasteiger partial charge is 0.462 e. The summed E-state index contributed by atoms with van der Waals surface area (Å²) in [4.78, 5) is 72.2. The molecule has 3 unspecified atom stereocenters. The van der Waals surface area contributed by atoms with E-state index in [1.165, 1.54) is 167 Å². The Morgan fingerprint density at radius 3 is 0.816 bits per heavy atom. The summed E-state index contributed by atoms with van der Waals surface area (Å²) in [6.45, 7) is 7.15. The maximum Gasteiger partial charge on any atom is 0.472 e. The van der Waals surface area contributed by atoms with Crippen LogP contribution in [0.1, 0.15) is 349 Å². The zero-order valence-electron chi connectivity index (χ0n) is 56.2. The van der Waals surface area contributed by atoms with Gasteiger partial charge in [-0.1, -0.05) is 298 Å². The molecule has 0 heterocycles. The van der Waals surface area contributed by atoms with Gasteiger partial charge in [0.15, 0.2) is 12.2 Å². The number of hydrogen-bond donors (Lipinski definition) is 3. The molecule has 19 heteroatoms. The second-order valence-corrected chi connectivity index (χ2v) is 27.7. The molecule has 0 aromatic heterocycles. The molecule has 0 radical (unpaired) electrons. The molecular formula is C68H132O17P2. The Morgan fingerprint density at radius 2 is 0.552 bits per heavy atom. The lowest BCUT2D eigenvalue weighted by Crippen LogP contribution is -2.30. The monoisotopic (exact) mass is 1280 g/mol. The third-order valence-corrected chi connectivity index (χ3v) is 18.0. The average molecular weight is 1280 g/mol. The van der Waals surface area contributed by atoms with Crippen molar-refractivity contribution in [2.45, 2.75) is 368 Å². The van der Waals surface area contributed by atoms with Gasteiger partial charge in [-0.3, -0.25) is 37.3 Å². The fourth-order valence-electron chi connectivity index (χ4n) is 10.3. The molecule has 0 aliphatic heterocycles. The Bertz CT molecular complexity index is 1690. The maximum absolute atomic E-state index is 13.0. The minimum absolute atomic E-state index is 0.104. The van der Waals surface area contributed by atoms with Gasteiger partial charge in [0.25, 0.3) is 0 Å². The predicted molar refractivity (Wildman–Crippen MR) is 349 cm³/mol. The van der Waals surface area contributed by atoms with Gasteiger partial charge in [-0.25, -0.2) is 9.13 Å². The summed E-state index contributed by atoms with van der Waals surface area (Å²) in [5, 5.41) is 10.5. The van der Waals surface area contributed by atoms with E-state index in [1.54, 1.807) is 0 Å². The number of aliphatic hydroxyl groups is 1. The summed E-state index contributed by atoms with van der Waals surface area (Å²) >= 11 is 0. The second-order valence-electron chi connectivity index (χ2n) is 24.8. The highest BCUT2D eigenvalue weighted by Crippen LogP contribution is 2.45. The molecule has 0 aliphatic carbocycles. The first-order valence-corrected chi connectivity index (χ1v) is 38.7. The molecule has 0 aliphatic rings. The number of phosphoric acid groups is 2. The van der Waals surface area contributed by atoms with E-state index in [-0.39, 0.29) is 25.7 Å². The lowest BCUT2D eigenvalue weighted by molar-refractivity contribution is -0.161. The van der Waals surface area contributed by atoms with Crippen molar-refractivity contribution in [2.24, 2.45) is 5.92 Å². The molecule has 0 saturated carbocycles. The van der Waals surface area contributed by atoms with Crippen molar-refractivity contribution in [3.63, 3.8) is 0 Å². The highest BCUT2D eigenvalue weighted by Gasteiger charge is 2.30. The summed E-state index contributed by atoms with van der Waals surface area (Å²) in [5.41, 5.74) is 0. The molecule has 516 valence electrons. The minimum Gasteiger partial charge on any atom is -0.462 e. The maximum atomic E-state index is 13.0. The van der Waals surface area contributed by atoms with Crippen LogP contribution in [-0.2, 0) is 65.4 Å². The Hall–Kier alpha value is -1.94. The zero-order valence-corrected chi connectivity index (χ0v) is 57.9. The van der Waals surface area contributed by atoms with Gasteiger partial charge in [-0.2, -0.15) is 0 Å². The molecule has 0 bridgehead atoms. The number of unbranched alkanes of at least 4 members (excludes halogenated alkanes) is 39. The molecule has 0 aromatic carbocycles. The van der Waals surface area contributed by atoms with E-state index in [9.17, 15) is 43.2 Å². The molecule has 0 aromatic rings. The topological polar surface area (TPSA) is 237 Å². The standard InChI is InChI=1S/C68H132O17P2/c1-6-10-13-16-18-20-22-24-26-28-30-32-37-42-47-52-66(71)79-58-64(85-67(72)53-48-43-38-33-31-29-27-25-23-21-19-17-14-11-7-2)60-83-87(76,77)81-56-62(69)55-80-86(74,75)82-59-63(57-78-65(70)51-46-40-15-12-8-3)84-68(73)54-49-44-39-35-34-36-41-45-50-61(5)9-4/h61-64,69H,6-60H2,1-5H3,(H,74,75)(H,76,77)/t61?,62-,63+,64+/m0/s1. The Kier molecular flexibility index (Phi) is 60.2. The van der Waals surface area contributed by atoms with E-state index >= 15 is 0 Å². The average Bonchev–Trinajstić information content (AvgIpc) is 3.66. The van der Waals surface area contributed by atoms with Crippen molar-refractivity contribution in [1.82, 2.24) is 0 Å². The minimum atomic E-state index is -4.95. The summed E-state index contributed by atoms with van der Waals surface area (Å²) < 4.78 is 68.0. The number of esters is 4. The lowest BCUT2D eigenvalue weighted by atomic mass is 9.99. The van der Waals surface area contributed by atoms with Crippen molar-refractivity contribution < 1.29 is 80.2 Å². The van der Waals surface area contributed by atoms with Gasteiger partial charge in [-0.05, 0) is 31.6 Å². The predicted octanol–water partition coefficient (Wildman–Crippen LogP) is 19.4. The fraction of sp³-hybridized carbons (Fsp3) is 0.941. The highest BCUT2D eigenvalue weighted by molar-refractivity contribution is 7.47. The first kappa shape index (κ1) is 85.1. The molecule has 6 atom stereocenters. The largest absolute Gasteiger partial charge is 0.472 e. The van der Waals surface area contributed by atoms with Crippen molar-refractivity contribution in [1.29, 1.82) is 0 Å². The van der Waals surface area contributed by atoms with Crippen LogP contribution in [0.3, 0.4) is 0 Å².